The van der Waals surface area contributed by atoms with Crippen molar-refractivity contribution >= 4 is 11.7 Å². The predicted molar refractivity (Wildman–Crippen MR) is 53.0 cm³/mol. The number of ether oxygens (including phenoxy) is 1. The van der Waals surface area contributed by atoms with Crippen molar-refractivity contribution in [1.29, 1.82) is 0 Å². The number of carbonyl (C=O) groups is 1. The van der Waals surface area contributed by atoms with Gasteiger partial charge in [-0.3, -0.25) is 0 Å². The van der Waals surface area contributed by atoms with Crippen molar-refractivity contribution in [2.75, 3.05) is 18.9 Å². The Labute approximate surface area is 82.3 Å². The minimum Gasteiger partial charge on any atom is -0.460 e. The van der Waals surface area contributed by atoms with Crippen LogP contribution in [0, 0.1) is 6.92 Å². The van der Waals surface area contributed by atoms with Crippen LogP contribution < -0.4 is 5.73 Å². The Hall–Kier alpha value is -1.55. The predicted octanol–water partition coefficient (Wildman–Crippen LogP) is 0.726. The van der Waals surface area contributed by atoms with Crippen LogP contribution in [0.3, 0.4) is 0 Å². The van der Waals surface area contributed by atoms with Gasteiger partial charge in [-0.25, -0.2) is 4.79 Å². The van der Waals surface area contributed by atoms with E-state index < -0.39 is 5.97 Å². The smallest absolute Gasteiger partial charge is 0.338 e. The normalized spacial score (nSPS) is 9.86. The largest absolute Gasteiger partial charge is 0.460 e. The van der Waals surface area contributed by atoms with Gasteiger partial charge in [-0.15, -0.1) is 0 Å². The molecule has 14 heavy (non-hydrogen) atoms. The van der Waals surface area contributed by atoms with E-state index in [1.807, 2.05) is 0 Å². The van der Waals surface area contributed by atoms with E-state index in [9.17, 15) is 4.79 Å². The van der Waals surface area contributed by atoms with Crippen molar-refractivity contribution < 1.29 is 14.6 Å². The fourth-order valence-corrected chi connectivity index (χ4v) is 1.13. The minimum atomic E-state index is -0.434. The van der Waals surface area contributed by atoms with E-state index in [2.05, 4.69) is 0 Å². The number of benzene rings is 1. The van der Waals surface area contributed by atoms with E-state index in [1.54, 1.807) is 25.1 Å². The quantitative estimate of drug-likeness (QED) is 0.550. The minimum absolute atomic E-state index is 0.0165. The first-order chi connectivity index (χ1) is 6.65. The summed E-state index contributed by atoms with van der Waals surface area (Å²) in [4.78, 5) is 11.4. The molecular formula is C10H13NO3. The lowest BCUT2D eigenvalue weighted by Gasteiger charge is -2.06. The SMILES string of the molecule is Cc1cc(N)ccc1C(=O)OCCO. The molecule has 4 heteroatoms. The van der Waals surface area contributed by atoms with E-state index in [0.717, 1.165) is 5.56 Å². The third-order valence-corrected chi connectivity index (χ3v) is 1.79. The van der Waals surface area contributed by atoms with Gasteiger partial charge in [0.1, 0.15) is 6.61 Å². The number of esters is 1. The molecule has 0 aliphatic carbocycles. The first kappa shape index (κ1) is 10.5. The molecule has 1 aromatic rings. The number of aliphatic hydroxyl groups is 1. The van der Waals surface area contributed by atoms with Gasteiger partial charge in [-0.1, -0.05) is 0 Å². The molecule has 0 aliphatic heterocycles. The van der Waals surface area contributed by atoms with Crippen molar-refractivity contribution in [3.8, 4) is 0 Å². The number of rotatable bonds is 3. The Balaban J connectivity index is 2.80. The van der Waals surface area contributed by atoms with Gasteiger partial charge in [-0.05, 0) is 30.7 Å². The Morgan fingerprint density at radius 2 is 2.29 bits per heavy atom. The summed E-state index contributed by atoms with van der Waals surface area (Å²) in [5.74, 6) is -0.434. The van der Waals surface area contributed by atoms with Crippen LogP contribution in [0.15, 0.2) is 18.2 Å². The molecule has 0 saturated heterocycles. The van der Waals surface area contributed by atoms with E-state index in [0.29, 0.717) is 11.3 Å². The van der Waals surface area contributed by atoms with E-state index >= 15 is 0 Å². The Bertz CT molecular complexity index is 336. The zero-order valence-corrected chi connectivity index (χ0v) is 7.99. The fourth-order valence-electron chi connectivity index (χ4n) is 1.13. The number of nitrogen functional groups attached to an aromatic ring is 1. The molecule has 0 saturated carbocycles. The second-order valence-electron chi connectivity index (χ2n) is 2.93. The highest BCUT2D eigenvalue weighted by atomic mass is 16.5. The molecule has 0 fully saturated rings. The number of hydrogen-bond donors (Lipinski definition) is 2. The third kappa shape index (κ3) is 2.47. The maximum atomic E-state index is 11.4. The molecule has 0 radical (unpaired) electrons. The summed E-state index contributed by atoms with van der Waals surface area (Å²) < 4.78 is 4.77. The molecule has 0 aromatic heterocycles. The molecule has 0 atom stereocenters. The zero-order valence-electron chi connectivity index (χ0n) is 7.99. The van der Waals surface area contributed by atoms with Crippen molar-refractivity contribution in [2.24, 2.45) is 0 Å². The molecule has 4 nitrogen and oxygen atoms in total. The van der Waals surface area contributed by atoms with Gasteiger partial charge in [0.2, 0.25) is 0 Å². The van der Waals surface area contributed by atoms with Gasteiger partial charge < -0.3 is 15.6 Å². The average Bonchev–Trinajstić information content (AvgIpc) is 2.14. The van der Waals surface area contributed by atoms with Crippen LogP contribution in [0.25, 0.3) is 0 Å². The summed E-state index contributed by atoms with van der Waals surface area (Å²) in [5.41, 5.74) is 7.40. The lowest BCUT2D eigenvalue weighted by atomic mass is 10.1. The van der Waals surface area contributed by atoms with Crippen molar-refractivity contribution in [1.82, 2.24) is 0 Å². The molecule has 0 aliphatic rings. The maximum absolute atomic E-state index is 11.4. The lowest BCUT2D eigenvalue weighted by molar-refractivity contribution is 0.0433. The molecule has 0 unspecified atom stereocenters. The zero-order chi connectivity index (χ0) is 10.6. The second-order valence-corrected chi connectivity index (χ2v) is 2.93. The van der Waals surface area contributed by atoms with Gasteiger partial charge in [0.15, 0.2) is 0 Å². The maximum Gasteiger partial charge on any atom is 0.338 e. The number of nitrogens with two attached hydrogens (primary N) is 1. The summed E-state index contributed by atoms with van der Waals surface area (Å²) in [7, 11) is 0. The fraction of sp³-hybridized carbons (Fsp3) is 0.300. The molecule has 0 spiro atoms. The highest BCUT2D eigenvalue weighted by molar-refractivity contribution is 5.91. The van der Waals surface area contributed by atoms with Gasteiger partial charge in [0.05, 0.1) is 12.2 Å². The van der Waals surface area contributed by atoms with Crippen LogP contribution in [0.2, 0.25) is 0 Å². The molecule has 0 amide bonds. The monoisotopic (exact) mass is 195 g/mol. The first-order valence-electron chi connectivity index (χ1n) is 4.29. The highest BCUT2D eigenvalue weighted by Gasteiger charge is 2.09. The summed E-state index contributed by atoms with van der Waals surface area (Å²) in [6, 6.07) is 4.96. The van der Waals surface area contributed by atoms with Crippen LogP contribution >= 0.6 is 0 Å². The number of anilines is 1. The number of aryl methyl sites for hydroxylation is 1. The summed E-state index contributed by atoms with van der Waals surface area (Å²) in [5, 5.41) is 8.48. The molecule has 1 rings (SSSR count). The van der Waals surface area contributed by atoms with E-state index in [-0.39, 0.29) is 13.2 Å². The van der Waals surface area contributed by atoms with Gasteiger partial charge in [0, 0.05) is 5.69 Å². The van der Waals surface area contributed by atoms with Crippen molar-refractivity contribution in [3.05, 3.63) is 29.3 Å². The Morgan fingerprint density at radius 3 is 2.86 bits per heavy atom. The van der Waals surface area contributed by atoms with Gasteiger partial charge in [0.25, 0.3) is 0 Å². The molecule has 76 valence electrons. The van der Waals surface area contributed by atoms with Crippen LogP contribution in [0.1, 0.15) is 15.9 Å². The molecular weight excluding hydrogens is 182 g/mol. The first-order valence-corrected chi connectivity index (χ1v) is 4.29. The average molecular weight is 195 g/mol. The number of hydrogen-bond acceptors (Lipinski definition) is 4. The van der Waals surface area contributed by atoms with Crippen LogP contribution in [-0.4, -0.2) is 24.3 Å². The summed E-state index contributed by atoms with van der Waals surface area (Å²) >= 11 is 0. The third-order valence-electron chi connectivity index (χ3n) is 1.79. The van der Waals surface area contributed by atoms with E-state index in [1.165, 1.54) is 0 Å². The topological polar surface area (TPSA) is 72.6 Å². The van der Waals surface area contributed by atoms with Crippen molar-refractivity contribution in [2.45, 2.75) is 6.92 Å². The number of carbonyl (C=O) groups excluding carboxylic acids is 1. The molecule has 3 N–H and O–H groups in total. The lowest BCUT2D eigenvalue weighted by Crippen LogP contribution is -2.10. The van der Waals surface area contributed by atoms with Crippen LogP contribution in [0.5, 0.6) is 0 Å². The standard InChI is InChI=1S/C10H13NO3/c1-7-6-8(11)2-3-9(7)10(13)14-5-4-12/h2-3,6,12H,4-5,11H2,1H3. The Morgan fingerprint density at radius 1 is 1.57 bits per heavy atom. The van der Waals surface area contributed by atoms with Crippen LogP contribution in [-0.2, 0) is 4.74 Å². The van der Waals surface area contributed by atoms with Gasteiger partial charge in [-0.2, -0.15) is 0 Å². The number of aliphatic hydroxyl groups excluding tert-OH is 1. The summed E-state index contributed by atoms with van der Waals surface area (Å²) in [6.07, 6.45) is 0. The highest BCUT2D eigenvalue weighted by Crippen LogP contribution is 2.13. The molecule has 1 aromatic carbocycles. The Kier molecular flexibility index (Phi) is 3.48. The van der Waals surface area contributed by atoms with Gasteiger partial charge >= 0.3 is 5.97 Å². The van der Waals surface area contributed by atoms with E-state index in [4.69, 9.17) is 15.6 Å². The van der Waals surface area contributed by atoms with Crippen molar-refractivity contribution in [3.63, 3.8) is 0 Å². The second kappa shape index (κ2) is 4.62. The summed E-state index contributed by atoms with van der Waals surface area (Å²) in [6.45, 7) is 1.63. The van der Waals surface area contributed by atoms with Crippen LogP contribution in [0.4, 0.5) is 5.69 Å². The molecule has 0 heterocycles. The molecule has 0 bridgehead atoms.